The Morgan fingerprint density at radius 3 is 0.811 bits per heavy atom. The summed E-state index contributed by atoms with van der Waals surface area (Å²) < 4.78 is 1.61. The van der Waals surface area contributed by atoms with Crippen molar-refractivity contribution < 1.29 is 25.8 Å². The Labute approximate surface area is 257 Å². The number of hydrogen-bond acceptors (Lipinski definition) is 0. The van der Waals surface area contributed by atoms with Gasteiger partial charge in [-0.1, -0.05) is 119 Å². The van der Waals surface area contributed by atoms with Crippen molar-refractivity contribution in [3.63, 3.8) is 0 Å². The Kier molecular flexibility index (Phi) is 46.8. The Hall–Kier alpha value is 0.643. The second-order valence-corrected chi connectivity index (χ2v) is 21.2. The molecule has 0 atom stereocenters. The third-order valence-corrected chi connectivity index (χ3v) is 9.88. The first-order chi connectivity index (χ1) is 17.3. The standard InChI is InChI=1S/C8H13Ge.3C8H18N.Hf/c1-9(2,3)8-6-4-5-7-8;3*1-3-5-7-9-8-6-4-2;/h4-7H,1-3H3;3*3-8H2,1-2H3;/q4*-1;+4. The van der Waals surface area contributed by atoms with Gasteiger partial charge >= 0.3 is 85.0 Å². The van der Waals surface area contributed by atoms with Crippen molar-refractivity contribution in [2.75, 3.05) is 39.3 Å². The van der Waals surface area contributed by atoms with Crippen molar-refractivity contribution in [1.29, 1.82) is 0 Å². The minimum atomic E-state index is -1.44. The summed E-state index contributed by atoms with van der Waals surface area (Å²) in [6, 6.07) is 8.76. The zero-order chi connectivity index (χ0) is 27.8. The number of unbranched alkanes of at least 4 members (excludes halogenated alkanes) is 6. The first-order valence-corrected chi connectivity index (χ1v) is 22.8. The third-order valence-electron chi connectivity index (χ3n) is 5.55. The summed E-state index contributed by atoms with van der Waals surface area (Å²) in [5, 5.41) is 13.1. The van der Waals surface area contributed by atoms with Crippen molar-refractivity contribution in [2.24, 2.45) is 0 Å². The van der Waals surface area contributed by atoms with Gasteiger partial charge in [-0.15, -0.1) is 39.3 Å². The average Bonchev–Trinajstić information content (AvgIpc) is 3.41. The minimum absolute atomic E-state index is 0. The molecule has 0 aliphatic carbocycles. The van der Waals surface area contributed by atoms with Crippen LogP contribution in [0.2, 0.25) is 17.3 Å². The fourth-order valence-corrected chi connectivity index (χ4v) is 5.33. The van der Waals surface area contributed by atoms with Crippen LogP contribution in [0.5, 0.6) is 0 Å². The van der Waals surface area contributed by atoms with Crippen LogP contribution in [0.4, 0.5) is 0 Å². The molecule has 1 rings (SSSR count). The molecule has 0 unspecified atom stereocenters. The molecule has 5 heteroatoms. The molecule has 218 valence electrons. The fraction of sp³-hybridized carbons (Fsp3) is 0.844. The monoisotopic (exact) mass is 747 g/mol. The molecular weight excluding hydrogens is 677 g/mol. The molecule has 0 aromatic heterocycles. The Balaban J connectivity index is -0.000000194. The van der Waals surface area contributed by atoms with E-state index in [1.807, 2.05) is 0 Å². The number of rotatable bonds is 19. The van der Waals surface area contributed by atoms with Crippen LogP contribution < -0.4 is 4.40 Å². The van der Waals surface area contributed by atoms with Gasteiger partial charge in [0.05, 0.1) is 0 Å². The van der Waals surface area contributed by atoms with Crippen LogP contribution in [0, 0.1) is 0 Å². The van der Waals surface area contributed by atoms with Crippen LogP contribution in [0.15, 0.2) is 24.3 Å². The molecule has 0 heterocycles. The van der Waals surface area contributed by atoms with Crippen molar-refractivity contribution in [1.82, 2.24) is 0 Å². The topological polar surface area (TPSA) is 42.3 Å². The molecule has 3 nitrogen and oxygen atoms in total. The maximum absolute atomic E-state index is 4.35. The summed E-state index contributed by atoms with van der Waals surface area (Å²) in [7, 11) is 0. The van der Waals surface area contributed by atoms with Crippen LogP contribution in [-0.2, 0) is 25.8 Å². The van der Waals surface area contributed by atoms with E-state index in [9.17, 15) is 0 Å². The summed E-state index contributed by atoms with van der Waals surface area (Å²) in [6.07, 6.45) is 15.2. The Morgan fingerprint density at radius 2 is 0.676 bits per heavy atom. The van der Waals surface area contributed by atoms with Crippen LogP contribution in [0.1, 0.15) is 119 Å². The van der Waals surface area contributed by atoms with Gasteiger partial charge < -0.3 is 16.0 Å². The van der Waals surface area contributed by atoms with Gasteiger partial charge in [0.2, 0.25) is 0 Å². The molecule has 1 aromatic rings. The number of hydrogen-bond donors (Lipinski definition) is 0. The van der Waals surface area contributed by atoms with Crippen molar-refractivity contribution in [3.05, 3.63) is 40.2 Å². The van der Waals surface area contributed by atoms with Crippen molar-refractivity contribution >= 4 is 17.7 Å². The molecule has 1 aromatic carbocycles. The SMILES string of the molecule is CCCC[N-]CCCC.CCCC[N-]CCCC.CCCC[N-]CCCC.[CH3][Ge]([CH3])([CH3])[c-]1cccc1.[Hf+4]. The maximum atomic E-state index is 4.35. The molecule has 0 saturated heterocycles. The summed E-state index contributed by atoms with van der Waals surface area (Å²) in [5.41, 5.74) is 0. The Morgan fingerprint density at radius 1 is 0.459 bits per heavy atom. The van der Waals surface area contributed by atoms with Gasteiger partial charge in [-0.25, -0.2) is 0 Å². The summed E-state index contributed by atoms with van der Waals surface area (Å²) >= 11 is -1.44. The van der Waals surface area contributed by atoms with E-state index in [0.29, 0.717) is 0 Å². The molecular formula is C32H67GeHfN3. The summed E-state index contributed by atoms with van der Waals surface area (Å²) in [4.78, 5) is 0. The Bertz CT molecular complexity index is 410. The fourth-order valence-electron chi connectivity index (χ4n) is 2.83. The van der Waals surface area contributed by atoms with Gasteiger partial charge in [0.1, 0.15) is 0 Å². The molecule has 0 saturated carbocycles. The normalized spacial score (nSPS) is 10.2. The van der Waals surface area contributed by atoms with E-state index in [2.05, 4.69) is 99.0 Å². The zero-order valence-corrected chi connectivity index (χ0v) is 32.6. The first kappa shape index (κ1) is 44.7. The molecule has 0 aliphatic heterocycles. The molecule has 0 N–H and O–H groups in total. The van der Waals surface area contributed by atoms with Gasteiger partial charge in [-0.3, -0.25) is 0 Å². The molecule has 0 fully saturated rings. The predicted octanol–water partition coefficient (Wildman–Crippen LogP) is 10.8. The van der Waals surface area contributed by atoms with E-state index in [4.69, 9.17) is 0 Å². The molecule has 0 aliphatic rings. The van der Waals surface area contributed by atoms with Gasteiger partial charge in [-0.2, -0.15) is 0 Å². The van der Waals surface area contributed by atoms with Crippen LogP contribution in [0.3, 0.4) is 0 Å². The van der Waals surface area contributed by atoms with Gasteiger partial charge in [-0.05, 0) is 0 Å². The quantitative estimate of drug-likeness (QED) is 0.0769. The van der Waals surface area contributed by atoms with Crippen molar-refractivity contribution in [3.8, 4) is 0 Å². The predicted molar refractivity (Wildman–Crippen MR) is 174 cm³/mol. The van der Waals surface area contributed by atoms with Crippen molar-refractivity contribution in [2.45, 2.75) is 136 Å². The van der Waals surface area contributed by atoms with Crippen LogP contribution in [-0.4, -0.2) is 52.5 Å². The van der Waals surface area contributed by atoms with E-state index < -0.39 is 13.3 Å². The second-order valence-electron chi connectivity index (χ2n) is 10.6. The molecule has 0 radical (unpaired) electrons. The molecule has 0 bridgehead atoms. The van der Waals surface area contributed by atoms with Gasteiger partial charge in [0.25, 0.3) is 0 Å². The number of nitrogens with zero attached hydrogens (tertiary/aromatic N) is 3. The molecule has 0 amide bonds. The van der Waals surface area contributed by atoms with E-state index in [0.717, 1.165) is 39.3 Å². The smallest absolute Gasteiger partial charge is 4.00 e. The minimum Gasteiger partial charge on any atom is 4.00 e. The summed E-state index contributed by atoms with van der Waals surface area (Å²) in [5.74, 6) is 7.24. The maximum Gasteiger partial charge on any atom is 4.00 e. The van der Waals surface area contributed by atoms with E-state index in [1.165, 1.54) is 77.0 Å². The molecule has 0 spiro atoms. The first-order valence-electron chi connectivity index (χ1n) is 15.5. The largest absolute Gasteiger partial charge is 4.00 e. The van der Waals surface area contributed by atoms with Gasteiger partial charge in [0.15, 0.2) is 0 Å². The summed E-state index contributed by atoms with van der Waals surface area (Å²) in [6.45, 7) is 19.7. The third kappa shape index (κ3) is 43.9. The van der Waals surface area contributed by atoms with E-state index in [1.54, 1.807) is 4.40 Å². The molecule has 37 heavy (non-hydrogen) atoms. The van der Waals surface area contributed by atoms with Crippen LogP contribution >= 0.6 is 0 Å². The van der Waals surface area contributed by atoms with Crippen LogP contribution in [0.25, 0.3) is 16.0 Å². The zero-order valence-electron chi connectivity index (χ0n) is 26.9. The van der Waals surface area contributed by atoms with Gasteiger partial charge in [0, 0.05) is 0 Å². The van der Waals surface area contributed by atoms with E-state index in [-0.39, 0.29) is 25.8 Å². The average molecular weight is 745 g/mol. The van der Waals surface area contributed by atoms with E-state index >= 15 is 0 Å². The second kappa shape index (κ2) is 38.8.